The van der Waals surface area contributed by atoms with Crippen molar-refractivity contribution >= 4 is 16.7 Å². The van der Waals surface area contributed by atoms with E-state index in [1.807, 2.05) is 6.07 Å². The Hall–Kier alpha value is -2.71. The van der Waals surface area contributed by atoms with Crippen molar-refractivity contribution in [2.24, 2.45) is 0 Å². The molecule has 2 aromatic rings. The maximum absolute atomic E-state index is 11.7. The van der Waals surface area contributed by atoms with Gasteiger partial charge in [-0.05, 0) is 34.9 Å². The average molecular weight is 363 g/mol. The Morgan fingerprint density at radius 3 is 2.35 bits per heavy atom. The third-order valence-corrected chi connectivity index (χ3v) is 4.65. The Morgan fingerprint density at radius 2 is 1.81 bits per heavy atom. The number of methoxy groups -OCH3 is 1. The van der Waals surface area contributed by atoms with E-state index in [1.165, 1.54) is 0 Å². The number of aliphatic carboxylic acids is 1. The molecule has 2 aromatic carbocycles. The summed E-state index contributed by atoms with van der Waals surface area (Å²) >= 11 is 0. The molecule has 2 rings (SSSR count). The van der Waals surface area contributed by atoms with Crippen molar-refractivity contribution in [2.75, 3.05) is 20.3 Å². The van der Waals surface area contributed by atoms with Gasteiger partial charge in [-0.3, -0.25) is 14.9 Å². The van der Waals surface area contributed by atoms with Crippen molar-refractivity contribution in [3.63, 3.8) is 0 Å². The molecule has 0 aliphatic carbocycles. The summed E-state index contributed by atoms with van der Waals surface area (Å²) in [7, 11) is 1.56. The number of aliphatic hydroxyl groups is 2. The van der Waals surface area contributed by atoms with Crippen LogP contribution in [0.15, 0.2) is 36.4 Å². The number of carboxylic acid groups (broad SMARTS) is 1. The summed E-state index contributed by atoms with van der Waals surface area (Å²) < 4.78 is 5.16. The Balaban J connectivity index is 2.31. The standard InChI is InChI=1S/C18H21NO7/c1-26-15-5-4-12-8-14(3-2-13(12)9-15)16(17(22)23)6-7-18(10-20,11-21)19(24)25/h2-5,8-9,16,20-21H,6-7,10-11H2,1H3,(H,22,23)/t16-/m0/s1. The van der Waals surface area contributed by atoms with Crippen LogP contribution in [0.4, 0.5) is 0 Å². The van der Waals surface area contributed by atoms with E-state index in [-0.39, 0.29) is 12.8 Å². The molecular weight excluding hydrogens is 342 g/mol. The lowest BCUT2D eigenvalue weighted by Gasteiger charge is -2.22. The third-order valence-electron chi connectivity index (χ3n) is 4.65. The fourth-order valence-electron chi connectivity index (χ4n) is 2.85. The Bertz CT molecular complexity index is 801. The van der Waals surface area contributed by atoms with Gasteiger partial charge in [-0.2, -0.15) is 0 Å². The average Bonchev–Trinajstić information content (AvgIpc) is 2.64. The number of ether oxygens (including phenoxy) is 1. The Morgan fingerprint density at radius 1 is 1.19 bits per heavy atom. The summed E-state index contributed by atoms with van der Waals surface area (Å²) in [6.45, 7) is -1.72. The molecule has 0 saturated carbocycles. The van der Waals surface area contributed by atoms with Crippen LogP contribution in [0.1, 0.15) is 24.3 Å². The van der Waals surface area contributed by atoms with Crippen LogP contribution in [0.5, 0.6) is 5.75 Å². The molecule has 0 aromatic heterocycles. The van der Waals surface area contributed by atoms with Crippen LogP contribution < -0.4 is 4.74 Å². The maximum atomic E-state index is 11.7. The number of fused-ring (bicyclic) bond motifs is 1. The number of carbonyl (C=O) groups is 1. The molecule has 0 radical (unpaired) electrons. The van der Waals surface area contributed by atoms with Gasteiger partial charge in [0.1, 0.15) is 19.0 Å². The number of nitro groups is 1. The van der Waals surface area contributed by atoms with E-state index < -0.39 is 35.6 Å². The molecule has 8 nitrogen and oxygen atoms in total. The predicted molar refractivity (Wildman–Crippen MR) is 94.0 cm³/mol. The van der Waals surface area contributed by atoms with E-state index in [0.717, 1.165) is 10.8 Å². The van der Waals surface area contributed by atoms with Gasteiger partial charge >= 0.3 is 5.97 Å². The molecule has 0 heterocycles. The molecule has 140 valence electrons. The molecule has 26 heavy (non-hydrogen) atoms. The number of aliphatic hydroxyl groups excluding tert-OH is 2. The number of rotatable bonds is 9. The molecule has 0 fully saturated rings. The highest BCUT2D eigenvalue weighted by molar-refractivity contribution is 5.86. The molecule has 8 heteroatoms. The van der Waals surface area contributed by atoms with Gasteiger partial charge in [0.25, 0.3) is 5.54 Å². The van der Waals surface area contributed by atoms with Gasteiger partial charge in [0.15, 0.2) is 0 Å². The minimum absolute atomic E-state index is 0.0842. The van der Waals surface area contributed by atoms with Gasteiger partial charge in [0, 0.05) is 11.3 Å². The largest absolute Gasteiger partial charge is 0.497 e. The molecule has 1 atom stereocenters. The summed E-state index contributed by atoms with van der Waals surface area (Å²) in [5.41, 5.74) is -1.44. The molecule has 3 N–H and O–H groups in total. The molecule has 0 aliphatic rings. The molecule has 0 spiro atoms. The van der Waals surface area contributed by atoms with Crippen LogP contribution >= 0.6 is 0 Å². The first-order valence-corrected chi connectivity index (χ1v) is 8.03. The lowest BCUT2D eigenvalue weighted by molar-refractivity contribution is -0.578. The third kappa shape index (κ3) is 3.92. The van der Waals surface area contributed by atoms with Gasteiger partial charge in [-0.25, -0.2) is 0 Å². The van der Waals surface area contributed by atoms with Crippen LogP contribution in [0.2, 0.25) is 0 Å². The van der Waals surface area contributed by atoms with Gasteiger partial charge in [-0.15, -0.1) is 0 Å². The highest BCUT2D eigenvalue weighted by Gasteiger charge is 2.42. The van der Waals surface area contributed by atoms with Crippen LogP contribution in [-0.4, -0.2) is 52.1 Å². The number of hydrogen-bond acceptors (Lipinski definition) is 6. The smallest absolute Gasteiger partial charge is 0.310 e. The van der Waals surface area contributed by atoms with E-state index in [1.54, 1.807) is 37.4 Å². The quantitative estimate of drug-likeness (QED) is 0.457. The summed E-state index contributed by atoms with van der Waals surface area (Å²) in [5, 5.41) is 41.0. The zero-order valence-corrected chi connectivity index (χ0v) is 14.3. The van der Waals surface area contributed by atoms with Gasteiger partial charge in [-0.1, -0.05) is 24.3 Å². The second kappa shape index (κ2) is 8.11. The molecule has 0 aliphatic heterocycles. The van der Waals surface area contributed by atoms with Crippen molar-refractivity contribution in [3.05, 3.63) is 52.1 Å². The van der Waals surface area contributed by atoms with Crippen molar-refractivity contribution < 1.29 is 29.8 Å². The minimum atomic E-state index is -1.95. The molecular formula is C18H21NO7. The lowest BCUT2D eigenvalue weighted by atomic mass is 9.86. The van der Waals surface area contributed by atoms with Gasteiger partial charge in [0.2, 0.25) is 0 Å². The van der Waals surface area contributed by atoms with Gasteiger partial charge < -0.3 is 20.1 Å². The van der Waals surface area contributed by atoms with E-state index in [2.05, 4.69) is 0 Å². The van der Waals surface area contributed by atoms with Crippen LogP contribution in [0.25, 0.3) is 10.8 Å². The molecule has 0 bridgehead atoms. The normalized spacial score (nSPS) is 12.7. The zero-order valence-electron chi connectivity index (χ0n) is 14.3. The van der Waals surface area contributed by atoms with Crippen molar-refractivity contribution in [1.82, 2.24) is 0 Å². The summed E-state index contributed by atoms with van der Waals surface area (Å²) in [6, 6.07) is 10.5. The molecule has 0 saturated heterocycles. The van der Waals surface area contributed by atoms with E-state index >= 15 is 0 Å². The SMILES string of the molecule is COc1ccc2cc([C@H](CCC(CO)(CO)[N+](=O)[O-])C(=O)O)ccc2c1. The Kier molecular flexibility index (Phi) is 6.12. The van der Waals surface area contributed by atoms with Crippen LogP contribution in [-0.2, 0) is 4.79 Å². The minimum Gasteiger partial charge on any atom is -0.497 e. The molecule has 0 amide bonds. The molecule has 0 unspecified atom stereocenters. The van der Waals surface area contributed by atoms with E-state index in [9.17, 15) is 30.2 Å². The highest BCUT2D eigenvalue weighted by Crippen LogP contribution is 2.30. The van der Waals surface area contributed by atoms with Crippen LogP contribution in [0.3, 0.4) is 0 Å². The lowest BCUT2D eigenvalue weighted by Crippen LogP contribution is -2.46. The monoisotopic (exact) mass is 363 g/mol. The number of carboxylic acids is 1. The number of hydrogen-bond donors (Lipinski definition) is 3. The fraction of sp³-hybridized carbons (Fsp3) is 0.389. The first kappa shape index (κ1) is 19.6. The number of benzene rings is 2. The van der Waals surface area contributed by atoms with Crippen molar-refractivity contribution in [1.29, 1.82) is 0 Å². The summed E-state index contributed by atoms with van der Waals surface area (Å²) in [6.07, 6.45) is -0.344. The first-order chi connectivity index (χ1) is 12.4. The second-order valence-electron chi connectivity index (χ2n) is 6.20. The second-order valence-corrected chi connectivity index (χ2v) is 6.20. The predicted octanol–water partition coefficient (Wildman–Crippen LogP) is 1.80. The summed E-state index contributed by atoms with van der Waals surface area (Å²) in [5.74, 6) is -1.42. The zero-order chi connectivity index (χ0) is 19.3. The van der Waals surface area contributed by atoms with Gasteiger partial charge in [0.05, 0.1) is 13.0 Å². The fourth-order valence-corrected chi connectivity index (χ4v) is 2.85. The maximum Gasteiger partial charge on any atom is 0.310 e. The van der Waals surface area contributed by atoms with E-state index in [4.69, 9.17) is 4.74 Å². The highest BCUT2D eigenvalue weighted by atomic mass is 16.6. The van der Waals surface area contributed by atoms with Crippen molar-refractivity contribution in [3.8, 4) is 5.75 Å². The first-order valence-electron chi connectivity index (χ1n) is 8.03. The van der Waals surface area contributed by atoms with Crippen molar-refractivity contribution in [2.45, 2.75) is 24.3 Å². The number of nitrogens with zero attached hydrogens (tertiary/aromatic N) is 1. The summed E-state index contributed by atoms with van der Waals surface area (Å²) in [4.78, 5) is 22.1. The Labute approximate surface area is 149 Å². The van der Waals surface area contributed by atoms with E-state index in [0.29, 0.717) is 11.3 Å². The van der Waals surface area contributed by atoms with Crippen LogP contribution in [0, 0.1) is 10.1 Å². The topological polar surface area (TPSA) is 130 Å².